The summed E-state index contributed by atoms with van der Waals surface area (Å²) in [7, 11) is 3.05. The van der Waals surface area contributed by atoms with E-state index in [1.165, 1.54) is 14.0 Å². The van der Waals surface area contributed by atoms with Crippen LogP contribution in [0.15, 0.2) is 36.4 Å². The molecule has 3 aliphatic rings. The van der Waals surface area contributed by atoms with E-state index >= 15 is 0 Å². The number of halogens is 6. The molecule has 41 heavy (non-hydrogen) atoms. The van der Waals surface area contributed by atoms with Crippen molar-refractivity contribution in [1.29, 1.82) is 0 Å². The largest absolute Gasteiger partial charge is 0.487 e. The summed E-state index contributed by atoms with van der Waals surface area (Å²) >= 11 is 0. The Hall–Kier alpha value is -2.75. The van der Waals surface area contributed by atoms with Crippen molar-refractivity contribution in [3.05, 3.63) is 64.2 Å². The lowest BCUT2D eigenvalue weighted by Crippen LogP contribution is -2.58. The maximum absolute atomic E-state index is 13.7. The number of carbonyl (C=O) groups excluding carboxylic acids is 1. The van der Waals surface area contributed by atoms with Gasteiger partial charge in [0.25, 0.3) is 0 Å². The molecule has 1 aliphatic heterocycles. The molecule has 0 amide bonds. The summed E-state index contributed by atoms with van der Waals surface area (Å²) in [5, 5.41) is 0. The maximum atomic E-state index is 13.7. The monoisotopic (exact) mass is 583 g/mol. The minimum Gasteiger partial charge on any atom is -0.487 e. The molecular weight excluding hydrogens is 548 g/mol. The topological polar surface area (TPSA) is 38.8 Å². The quantitative estimate of drug-likeness (QED) is 0.245. The number of benzene rings is 2. The Balaban J connectivity index is 1.32. The molecule has 0 aromatic heterocycles. The second-order valence-corrected chi connectivity index (χ2v) is 12.0. The molecule has 2 fully saturated rings. The third-order valence-corrected chi connectivity index (χ3v) is 9.43. The maximum Gasteiger partial charge on any atom is 0.416 e. The number of hydrogen-bond donors (Lipinski definition) is 0. The van der Waals surface area contributed by atoms with Crippen molar-refractivity contribution in [2.75, 3.05) is 14.2 Å². The molecule has 10 heteroatoms. The number of carbonyl (C=O) groups is 1. The number of hydrogen-bond acceptors (Lipinski definition) is 4. The SMILES string of the molecule is COC(=O)C(C)C(c1ccc2c(c1)OC1(CC2)CC(N(C)[C@H](C)c2cc(C(F)(F)F)ccc2C(F)(F)F)C1)C1CC1. The molecule has 2 unspecified atom stereocenters. The average molecular weight is 584 g/mol. The first-order valence-corrected chi connectivity index (χ1v) is 14.0. The number of rotatable bonds is 7. The Morgan fingerprint density at radius 2 is 1.71 bits per heavy atom. The molecule has 2 aromatic rings. The Morgan fingerprint density at radius 3 is 2.29 bits per heavy atom. The van der Waals surface area contributed by atoms with Crippen molar-refractivity contribution in [2.24, 2.45) is 11.8 Å². The highest BCUT2D eigenvalue weighted by Gasteiger charge is 2.51. The van der Waals surface area contributed by atoms with Crippen molar-refractivity contribution in [2.45, 2.75) is 88.3 Å². The third-order valence-electron chi connectivity index (χ3n) is 9.43. The number of esters is 1. The lowest BCUT2D eigenvalue weighted by Gasteiger charge is -2.53. The van der Waals surface area contributed by atoms with Gasteiger partial charge < -0.3 is 9.47 Å². The van der Waals surface area contributed by atoms with Gasteiger partial charge in [-0.2, -0.15) is 26.3 Å². The minimum absolute atomic E-state index is 0.0330. The van der Waals surface area contributed by atoms with E-state index in [0.29, 0.717) is 37.0 Å². The van der Waals surface area contributed by atoms with Gasteiger partial charge in [-0.05, 0) is 92.4 Å². The highest BCUT2D eigenvalue weighted by atomic mass is 19.4. The van der Waals surface area contributed by atoms with Crippen LogP contribution in [-0.2, 0) is 28.3 Å². The molecule has 1 heterocycles. The van der Waals surface area contributed by atoms with E-state index in [0.717, 1.165) is 42.6 Å². The number of aryl methyl sites for hydroxylation is 1. The smallest absolute Gasteiger partial charge is 0.416 e. The van der Waals surface area contributed by atoms with Crippen molar-refractivity contribution >= 4 is 5.97 Å². The first-order chi connectivity index (χ1) is 19.1. The van der Waals surface area contributed by atoms with Crippen LogP contribution in [0.25, 0.3) is 0 Å². The van der Waals surface area contributed by atoms with Gasteiger partial charge in [0.2, 0.25) is 0 Å². The fourth-order valence-electron chi connectivity index (χ4n) is 6.74. The van der Waals surface area contributed by atoms with Crippen LogP contribution in [-0.4, -0.2) is 36.7 Å². The highest BCUT2D eigenvalue weighted by Crippen LogP contribution is 2.51. The molecule has 224 valence electrons. The average Bonchev–Trinajstić information content (AvgIpc) is 3.73. The van der Waals surface area contributed by atoms with E-state index in [-0.39, 0.29) is 29.4 Å². The lowest BCUT2D eigenvalue weighted by molar-refractivity contribution is -0.146. The van der Waals surface area contributed by atoms with Gasteiger partial charge in [0.05, 0.1) is 24.2 Å². The fourth-order valence-corrected chi connectivity index (χ4v) is 6.74. The number of nitrogens with zero attached hydrogens (tertiary/aromatic N) is 1. The molecule has 5 rings (SSSR count). The summed E-state index contributed by atoms with van der Waals surface area (Å²) in [6.45, 7) is 3.40. The zero-order valence-corrected chi connectivity index (χ0v) is 23.5. The van der Waals surface area contributed by atoms with Gasteiger partial charge in [-0.25, -0.2) is 0 Å². The predicted molar refractivity (Wildman–Crippen MR) is 140 cm³/mol. The van der Waals surface area contributed by atoms with Crippen molar-refractivity contribution in [3.63, 3.8) is 0 Å². The van der Waals surface area contributed by atoms with E-state index in [9.17, 15) is 31.1 Å². The predicted octanol–water partition coefficient (Wildman–Crippen LogP) is 7.95. The summed E-state index contributed by atoms with van der Waals surface area (Å²) in [5.74, 6) is 0.683. The first-order valence-electron chi connectivity index (χ1n) is 14.0. The van der Waals surface area contributed by atoms with Gasteiger partial charge in [-0.15, -0.1) is 0 Å². The number of fused-ring (bicyclic) bond motifs is 1. The zero-order chi connectivity index (χ0) is 29.9. The second kappa shape index (κ2) is 10.5. The molecule has 0 radical (unpaired) electrons. The van der Waals surface area contributed by atoms with Gasteiger partial charge in [0.1, 0.15) is 11.4 Å². The van der Waals surface area contributed by atoms with Crippen LogP contribution >= 0.6 is 0 Å². The van der Waals surface area contributed by atoms with Gasteiger partial charge in [0, 0.05) is 24.9 Å². The Bertz CT molecular complexity index is 1300. The van der Waals surface area contributed by atoms with Gasteiger partial charge in [-0.3, -0.25) is 9.69 Å². The third kappa shape index (κ3) is 5.81. The highest BCUT2D eigenvalue weighted by molar-refractivity contribution is 5.73. The van der Waals surface area contributed by atoms with Crippen molar-refractivity contribution in [3.8, 4) is 5.75 Å². The molecule has 2 saturated carbocycles. The molecule has 2 aromatic carbocycles. The van der Waals surface area contributed by atoms with Crippen LogP contribution in [0.1, 0.15) is 85.7 Å². The van der Waals surface area contributed by atoms with E-state index in [1.54, 1.807) is 11.9 Å². The van der Waals surface area contributed by atoms with E-state index in [4.69, 9.17) is 9.47 Å². The molecule has 3 atom stereocenters. The van der Waals surface area contributed by atoms with E-state index < -0.39 is 35.1 Å². The summed E-state index contributed by atoms with van der Waals surface area (Å²) in [5.41, 5.74) is -0.911. The molecule has 0 N–H and O–H groups in total. The van der Waals surface area contributed by atoms with Crippen LogP contribution in [0.2, 0.25) is 0 Å². The molecule has 1 spiro atoms. The summed E-state index contributed by atoms with van der Waals surface area (Å²) in [6, 6.07) is 6.73. The van der Waals surface area contributed by atoms with Crippen molar-refractivity contribution in [1.82, 2.24) is 4.90 Å². The summed E-state index contributed by atoms with van der Waals surface area (Å²) in [4.78, 5) is 14.1. The molecule has 0 bridgehead atoms. The zero-order valence-electron chi connectivity index (χ0n) is 23.5. The van der Waals surface area contributed by atoms with Crippen LogP contribution in [0.4, 0.5) is 26.3 Å². The number of ether oxygens (including phenoxy) is 2. The normalized spacial score (nSPS) is 24.7. The number of alkyl halides is 6. The molecule has 4 nitrogen and oxygen atoms in total. The number of methoxy groups -OCH3 is 1. The van der Waals surface area contributed by atoms with Gasteiger partial charge in [0.15, 0.2) is 0 Å². The summed E-state index contributed by atoms with van der Waals surface area (Å²) < 4.78 is 92.8. The van der Waals surface area contributed by atoms with E-state index in [1.807, 2.05) is 19.1 Å². The standard InChI is InChI=1S/C31H35F6NO3/c1-17(28(39)40-4)27(20-6-7-20)21-8-5-19-11-12-29(41-26(19)13-21)15-23(16-29)38(3)18(2)24-14-22(30(32,33)34)9-10-25(24)31(35,36)37/h5,8-10,13-14,17-18,20,23,27H,6-7,11-12,15-16H2,1-4H3/t17?,18-,23?,27?,29?/m1/s1. The Labute approximate surface area is 236 Å². The lowest BCUT2D eigenvalue weighted by atomic mass is 9.69. The van der Waals surface area contributed by atoms with Crippen molar-refractivity contribution < 1.29 is 40.6 Å². The van der Waals surface area contributed by atoms with Crippen LogP contribution in [0.3, 0.4) is 0 Å². The van der Waals surface area contributed by atoms with Crippen LogP contribution < -0.4 is 4.74 Å². The van der Waals surface area contributed by atoms with Crippen LogP contribution in [0, 0.1) is 11.8 Å². The van der Waals surface area contributed by atoms with Gasteiger partial charge >= 0.3 is 18.3 Å². The first kappa shape index (κ1) is 29.7. The fraction of sp³-hybridized carbons (Fsp3) is 0.581. The summed E-state index contributed by atoms with van der Waals surface area (Å²) in [6.07, 6.45) is -4.75. The van der Waals surface area contributed by atoms with Gasteiger partial charge in [-0.1, -0.05) is 19.1 Å². The van der Waals surface area contributed by atoms with Crippen LogP contribution in [0.5, 0.6) is 5.75 Å². The molecular formula is C31H35F6NO3. The minimum atomic E-state index is -4.77. The molecule has 2 aliphatic carbocycles. The van der Waals surface area contributed by atoms with E-state index in [2.05, 4.69) is 6.07 Å². The Kier molecular flexibility index (Phi) is 7.62. The molecule has 0 saturated heterocycles. The Morgan fingerprint density at radius 1 is 1.02 bits per heavy atom. The second-order valence-electron chi connectivity index (χ2n) is 12.0.